The van der Waals surface area contributed by atoms with Crippen LogP contribution < -0.4 is 10.1 Å². The summed E-state index contributed by atoms with van der Waals surface area (Å²) in [5.41, 5.74) is 1.51. The van der Waals surface area contributed by atoms with E-state index in [1.807, 2.05) is 33.8 Å². The lowest BCUT2D eigenvalue weighted by atomic mass is 9.89. The maximum atomic E-state index is 12.7. The predicted molar refractivity (Wildman–Crippen MR) is 96.2 cm³/mol. The van der Waals surface area contributed by atoms with Crippen molar-refractivity contribution in [1.82, 2.24) is 15.2 Å². The summed E-state index contributed by atoms with van der Waals surface area (Å²) in [6.07, 6.45) is 2.79. The monoisotopic (exact) mass is 333 g/mol. The highest BCUT2D eigenvalue weighted by atomic mass is 16.5. The molecule has 1 N–H and O–H groups in total. The Balaban J connectivity index is 1.92. The number of nitrogens with one attached hydrogen (secondary N) is 1. The number of carbonyl (C=O) groups is 1. The largest absolute Gasteiger partial charge is 0.476 e. The van der Waals surface area contributed by atoms with Crippen molar-refractivity contribution in [2.24, 2.45) is 11.3 Å². The number of hydrogen-bond donors (Lipinski definition) is 1. The summed E-state index contributed by atoms with van der Waals surface area (Å²) >= 11 is 0. The molecule has 0 saturated carbocycles. The predicted octanol–water partition coefficient (Wildman–Crippen LogP) is 2.56. The molecule has 0 aromatic carbocycles. The van der Waals surface area contributed by atoms with E-state index in [1.54, 1.807) is 6.20 Å². The molecule has 134 valence electrons. The number of piperidine rings is 1. The Morgan fingerprint density at radius 3 is 2.79 bits per heavy atom. The Labute approximate surface area is 145 Å². The van der Waals surface area contributed by atoms with Crippen LogP contribution in [-0.4, -0.2) is 48.6 Å². The van der Waals surface area contributed by atoms with E-state index in [2.05, 4.69) is 29.2 Å². The maximum Gasteiger partial charge on any atom is 0.229 e. The molecule has 5 nitrogen and oxygen atoms in total. The third-order valence-corrected chi connectivity index (χ3v) is 4.78. The van der Waals surface area contributed by atoms with Gasteiger partial charge in [0.25, 0.3) is 0 Å². The van der Waals surface area contributed by atoms with Gasteiger partial charge >= 0.3 is 0 Å². The second-order valence-electron chi connectivity index (χ2n) is 7.92. The van der Waals surface area contributed by atoms with Crippen LogP contribution in [0, 0.1) is 25.2 Å². The molecule has 1 amide bonds. The fourth-order valence-corrected chi connectivity index (χ4v) is 3.10. The van der Waals surface area contributed by atoms with Crippen molar-refractivity contribution >= 4 is 5.91 Å². The van der Waals surface area contributed by atoms with Gasteiger partial charge in [-0.05, 0) is 65.3 Å². The number of ether oxygens (including phenoxy) is 1. The molecule has 0 radical (unpaired) electrons. The number of hydrogen-bond acceptors (Lipinski definition) is 4. The molecule has 1 fully saturated rings. The lowest BCUT2D eigenvalue weighted by molar-refractivity contribution is -0.132. The Kier molecular flexibility index (Phi) is 5.86. The fourth-order valence-electron chi connectivity index (χ4n) is 3.10. The standard InChI is InChI=1S/C19H31N3O2/c1-13-9-14(2)17(20-10-13)24-12-19(4,5)18(23)21-16-7-8-22(6)11-15(16)3/h9-10,15-16H,7-8,11-12H2,1-6H3,(H,21,23)/t15-,16+/m1/s1. The average molecular weight is 333 g/mol. The first-order valence-electron chi connectivity index (χ1n) is 8.74. The summed E-state index contributed by atoms with van der Waals surface area (Å²) in [4.78, 5) is 19.3. The molecule has 24 heavy (non-hydrogen) atoms. The van der Waals surface area contributed by atoms with Gasteiger partial charge in [0.05, 0.1) is 5.41 Å². The summed E-state index contributed by atoms with van der Waals surface area (Å²) in [5, 5.41) is 3.22. The average Bonchev–Trinajstić information content (AvgIpc) is 2.49. The Morgan fingerprint density at radius 1 is 1.46 bits per heavy atom. The van der Waals surface area contributed by atoms with Crippen LogP contribution >= 0.6 is 0 Å². The van der Waals surface area contributed by atoms with Gasteiger partial charge in [-0.15, -0.1) is 0 Å². The van der Waals surface area contributed by atoms with Crippen molar-refractivity contribution in [2.45, 2.75) is 47.1 Å². The lowest BCUT2D eigenvalue weighted by Gasteiger charge is -2.37. The van der Waals surface area contributed by atoms with Crippen LogP contribution in [-0.2, 0) is 4.79 Å². The smallest absolute Gasteiger partial charge is 0.229 e. The minimum Gasteiger partial charge on any atom is -0.476 e. The van der Waals surface area contributed by atoms with Crippen LogP contribution in [0.1, 0.15) is 38.3 Å². The molecule has 1 aromatic rings. The molecule has 0 unspecified atom stereocenters. The fraction of sp³-hybridized carbons (Fsp3) is 0.684. The SMILES string of the molecule is Cc1cnc(OCC(C)(C)C(=O)N[C@H]2CCN(C)C[C@H]2C)c(C)c1. The van der Waals surface area contributed by atoms with E-state index in [9.17, 15) is 4.79 Å². The number of nitrogens with zero attached hydrogens (tertiary/aromatic N) is 2. The molecule has 0 bridgehead atoms. The van der Waals surface area contributed by atoms with Gasteiger partial charge < -0.3 is 15.0 Å². The first kappa shape index (κ1) is 18.7. The Hall–Kier alpha value is -1.62. The van der Waals surface area contributed by atoms with Gasteiger partial charge in [-0.3, -0.25) is 4.79 Å². The van der Waals surface area contributed by atoms with Gasteiger partial charge in [0, 0.05) is 24.3 Å². The van der Waals surface area contributed by atoms with E-state index in [1.165, 1.54) is 0 Å². The van der Waals surface area contributed by atoms with Gasteiger partial charge in [0.15, 0.2) is 0 Å². The van der Waals surface area contributed by atoms with Crippen LogP contribution in [0.15, 0.2) is 12.3 Å². The zero-order chi connectivity index (χ0) is 17.9. The molecule has 0 spiro atoms. The zero-order valence-electron chi connectivity index (χ0n) is 15.8. The molecule has 1 aromatic heterocycles. The van der Waals surface area contributed by atoms with Crippen molar-refractivity contribution in [3.05, 3.63) is 23.4 Å². The van der Waals surface area contributed by atoms with Crippen LogP contribution in [0.3, 0.4) is 0 Å². The summed E-state index contributed by atoms with van der Waals surface area (Å²) in [5.74, 6) is 1.12. The zero-order valence-corrected chi connectivity index (χ0v) is 15.8. The first-order valence-corrected chi connectivity index (χ1v) is 8.74. The van der Waals surface area contributed by atoms with Crippen LogP contribution in [0.4, 0.5) is 0 Å². The summed E-state index contributed by atoms with van der Waals surface area (Å²) in [6, 6.07) is 2.28. The third-order valence-electron chi connectivity index (χ3n) is 4.78. The van der Waals surface area contributed by atoms with E-state index < -0.39 is 5.41 Å². The van der Waals surface area contributed by atoms with Crippen LogP contribution in [0.25, 0.3) is 0 Å². The van der Waals surface area contributed by atoms with E-state index in [-0.39, 0.29) is 11.9 Å². The second kappa shape index (κ2) is 7.51. The van der Waals surface area contributed by atoms with Crippen molar-refractivity contribution in [3.63, 3.8) is 0 Å². The molecule has 1 aliphatic heterocycles. The highest BCUT2D eigenvalue weighted by Gasteiger charge is 2.33. The van der Waals surface area contributed by atoms with Crippen LogP contribution in [0.5, 0.6) is 5.88 Å². The van der Waals surface area contributed by atoms with Gasteiger partial charge in [0.2, 0.25) is 11.8 Å². The molecule has 0 aliphatic carbocycles. The van der Waals surface area contributed by atoms with Crippen molar-refractivity contribution in [3.8, 4) is 5.88 Å². The molecule has 1 aliphatic rings. The van der Waals surface area contributed by atoms with E-state index in [4.69, 9.17) is 4.74 Å². The molecule has 2 rings (SSSR count). The third kappa shape index (κ3) is 4.69. The number of carbonyl (C=O) groups excluding carboxylic acids is 1. The topological polar surface area (TPSA) is 54.5 Å². The van der Waals surface area contributed by atoms with Crippen molar-refractivity contribution < 1.29 is 9.53 Å². The molecular weight excluding hydrogens is 302 g/mol. The minimum absolute atomic E-state index is 0.0497. The lowest BCUT2D eigenvalue weighted by Crippen LogP contribution is -2.52. The second-order valence-corrected chi connectivity index (χ2v) is 7.92. The molecular formula is C19H31N3O2. The van der Waals surface area contributed by atoms with Gasteiger partial charge in [-0.1, -0.05) is 6.92 Å². The highest BCUT2D eigenvalue weighted by molar-refractivity contribution is 5.82. The van der Waals surface area contributed by atoms with E-state index in [0.29, 0.717) is 18.4 Å². The minimum atomic E-state index is -0.595. The summed E-state index contributed by atoms with van der Waals surface area (Å²) in [6.45, 7) is 12.4. The Morgan fingerprint density at radius 2 is 2.17 bits per heavy atom. The van der Waals surface area contributed by atoms with Gasteiger partial charge in [-0.2, -0.15) is 0 Å². The van der Waals surface area contributed by atoms with Crippen molar-refractivity contribution in [1.29, 1.82) is 0 Å². The first-order chi connectivity index (χ1) is 11.2. The molecule has 2 heterocycles. The molecule has 5 heteroatoms. The molecule has 1 saturated heterocycles. The van der Waals surface area contributed by atoms with Crippen LogP contribution in [0.2, 0.25) is 0 Å². The number of likely N-dealkylation sites (tertiary alicyclic amines) is 1. The highest BCUT2D eigenvalue weighted by Crippen LogP contribution is 2.22. The van der Waals surface area contributed by atoms with E-state index >= 15 is 0 Å². The summed E-state index contributed by atoms with van der Waals surface area (Å²) in [7, 11) is 2.13. The number of amides is 1. The van der Waals surface area contributed by atoms with Gasteiger partial charge in [-0.25, -0.2) is 4.98 Å². The number of pyridine rings is 1. The number of aryl methyl sites for hydroxylation is 2. The quantitative estimate of drug-likeness (QED) is 0.900. The molecule has 2 atom stereocenters. The number of rotatable bonds is 5. The number of aromatic nitrogens is 1. The summed E-state index contributed by atoms with van der Waals surface area (Å²) < 4.78 is 5.83. The normalized spacial score (nSPS) is 22.2. The van der Waals surface area contributed by atoms with Gasteiger partial charge in [0.1, 0.15) is 6.61 Å². The Bertz CT molecular complexity index is 586. The van der Waals surface area contributed by atoms with Crippen molar-refractivity contribution in [2.75, 3.05) is 26.7 Å². The maximum absolute atomic E-state index is 12.7. The van der Waals surface area contributed by atoms with E-state index in [0.717, 1.165) is 30.6 Å².